The number of anilines is 1. The van der Waals surface area contributed by atoms with Crippen molar-refractivity contribution in [2.75, 3.05) is 18.1 Å². The summed E-state index contributed by atoms with van der Waals surface area (Å²) >= 11 is 10.5. The van der Waals surface area contributed by atoms with Crippen LogP contribution in [0.25, 0.3) is 0 Å². The molecule has 0 saturated heterocycles. The molecule has 0 saturated carbocycles. The van der Waals surface area contributed by atoms with Gasteiger partial charge in [0.15, 0.2) is 0 Å². The van der Waals surface area contributed by atoms with Crippen molar-refractivity contribution in [2.45, 2.75) is 52.3 Å². The fourth-order valence-electron chi connectivity index (χ4n) is 3.29. The summed E-state index contributed by atoms with van der Waals surface area (Å²) in [6, 6.07) is 10.6. The maximum Gasteiger partial charge on any atom is 0.408 e. The van der Waals surface area contributed by atoms with Gasteiger partial charge in [-0.15, -0.1) is 0 Å². The van der Waals surface area contributed by atoms with Crippen molar-refractivity contribution in [3.05, 3.63) is 64.2 Å². The average molecular weight is 506 g/mol. The van der Waals surface area contributed by atoms with E-state index in [2.05, 4.69) is 23.3 Å². The Labute approximate surface area is 211 Å². The van der Waals surface area contributed by atoms with Crippen molar-refractivity contribution in [3.63, 3.8) is 0 Å². The third kappa shape index (κ3) is 7.40. The van der Waals surface area contributed by atoms with E-state index in [-0.39, 0.29) is 5.75 Å². The number of likely N-dealkylation sites (N-methyl/N-ethyl adjacent to an activating group) is 1. The van der Waals surface area contributed by atoms with Crippen molar-refractivity contribution >= 4 is 47.8 Å². The monoisotopic (exact) mass is 505 g/mol. The van der Waals surface area contributed by atoms with E-state index >= 15 is 0 Å². The largest absolute Gasteiger partial charge is 0.444 e. The number of amides is 3. The molecule has 0 heterocycles. The van der Waals surface area contributed by atoms with E-state index in [0.29, 0.717) is 16.3 Å². The van der Waals surface area contributed by atoms with Crippen LogP contribution in [0.1, 0.15) is 43.5 Å². The number of hydrogen-bond acceptors (Lipinski definition) is 5. The number of rotatable bonds is 7. The summed E-state index contributed by atoms with van der Waals surface area (Å²) in [6.07, 6.45) is -0.740. The zero-order valence-corrected chi connectivity index (χ0v) is 22.0. The lowest BCUT2D eigenvalue weighted by Crippen LogP contribution is -2.52. The normalized spacial score (nSPS) is 12.9. The maximum atomic E-state index is 13.5. The Bertz CT molecular complexity index is 1020. The molecule has 0 spiro atoms. The van der Waals surface area contributed by atoms with Crippen LogP contribution in [-0.4, -0.2) is 47.3 Å². The van der Waals surface area contributed by atoms with Gasteiger partial charge >= 0.3 is 6.09 Å². The van der Waals surface area contributed by atoms with Gasteiger partial charge in [-0.3, -0.25) is 9.59 Å². The summed E-state index contributed by atoms with van der Waals surface area (Å²) in [4.78, 5) is 40.4. The van der Waals surface area contributed by atoms with E-state index in [1.165, 1.54) is 11.9 Å². The fourth-order valence-corrected chi connectivity index (χ4v) is 3.81. The zero-order valence-electron chi connectivity index (χ0n) is 20.3. The minimum atomic E-state index is -0.994. The second-order valence-corrected chi connectivity index (χ2v) is 9.84. The first kappa shape index (κ1) is 27.5. The van der Waals surface area contributed by atoms with Gasteiger partial charge in [-0.1, -0.05) is 53.6 Å². The highest BCUT2D eigenvalue weighted by molar-refractivity contribution is 7.80. The molecule has 0 bridgehead atoms. The van der Waals surface area contributed by atoms with Crippen LogP contribution < -0.4 is 10.6 Å². The highest BCUT2D eigenvalue weighted by atomic mass is 35.5. The zero-order chi connectivity index (χ0) is 25.6. The summed E-state index contributed by atoms with van der Waals surface area (Å²) in [5, 5.41) is 5.80. The Morgan fingerprint density at radius 2 is 1.71 bits per heavy atom. The van der Waals surface area contributed by atoms with Gasteiger partial charge < -0.3 is 20.3 Å². The molecule has 0 aliphatic carbocycles. The lowest BCUT2D eigenvalue weighted by molar-refractivity contribution is -0.138. The number of nitrogens with zero attached hydrogens (tertiary/aromatic N) is 1. The topological polar surface area (TPSA) is 87.7 Å². The van der Waals surface area contributed by atoms with E-state index in [4.69, 9.17) is 16.3 Å². The Morgan fingerprint density at radius 3 is 2.24 bits per heavy atom. The molecule has 2 aromatic carbocycles. The van der Waals surface area contributed by atoms with E-state index in [1.54, 1.807) is 45.0 Å². The summed E-state index contributed by atoms with van der Waals surface area (Å²) in [5.74, 6) is -0.905. The molecule has 0 radical (unpaired) electrons. The van der Waals surface area contributed by atoms with Gasteiger partial charge in [-0.05, 0) is 51.8 Å². The van der Waals surface area contributed by atoms with E-state index in [1.807, 2.05) is 32.0 Å². The molecule has 2 rings (SSSR count). The summed E-state index contributed by atoms with van der Waals surface area (Å²) in [5.41, 5.74) is 2.16. The quantitative estimate of drug-likeness (QED) is 0.466. The fraction of sp³-hybridized carbons (Fsp3) is 0.400. The lowest BCUT2D eigenvalue weighted by atomic mass is 10.0. The van der Waals surface area contributed by atoms with Crippen LogP contribution >= 0.6 is 24.2 Å². The molecule has 3 amide bonds. The molecule has 0 aromatic heterocycles. The molecule has 2 atom stereocenters. The number of para-hydroxylation sites is 1. The molecule has 2 aromatic rings. The van der Waals surface area contributed by atoms with Crippen molar-refractivity contribution in [1.29, 1.82) is 0 Å². The number of halogens is 1. The van der Waals surface area contributed by atoms with Crippen LogP contribution in [0, 0.1) is 13.8 Å². The van der Waals surface area contributed by atoms with Crippen LogP contribution in [0.15, 0.2) is 42.5 Å². The van der Waals surface area contributed by atoms with Crippen molar-refractivity contribution in [2.24, 2.45) is 0 Å². The number of ether oxygens (including phenoxy) is 1. The first-order valence-electron chi connectivity index (χ1n) is 10.8. The second-order valence-electron chi connectivity index (χ2n) is 9.06. The minimum Gasteiger partial charge on any atom is -0.444 e. The average Bonchev–Trinajstić information content (AvgIpc) is 2.74. The SMILES string of the molecule is Cc1ccc(C(C(=O)Nc2c(C)cccc2Cl)N(C)C(=O)C(CS)NC(=O)OC(C)(C)C)cc1. The Balaban J connectivity index is 2.35. The third-order valence-electron chi connectivity index (χ3n) is 5.02. The minimum absolute atomic E-state index is 0.0221. The number of hydrogen-bond donors (Lipinski definition) is 3. The molecule has 2 unspecified atom stereocenters. The summed E-state index contributed by atoms with van der Waals surface area (Å²) in [6.45, 7) is 8.95. The smallest absolute Gasteiger partial charge is 0.408 e. The maximum absolute atomic E-state index is 13.5. The van der Waals surface area contributed by atoms with Gasteiger partial charge in [0.2, 0.25) is 5.91 Å². The van der Waals surface area contributed by atoms with E-state index in [9.17, 15) is 14.4 Å². The van der Waals surface area contributed by atoms with Crippen molar-refractivity contribution < 1.29 is 19.1 Å². The van der Waals surface area contributed by atoms with Crippen LogP contribution in [0.4, 0.5) is 10.5 Å². The Hall–Kier alpha value is -2.71. The van der Waals surface area contributed by atoms with Crippen molar-refractivity contribution in [1.82, 2.24) is 10.2 Å². The van der Waals surface area contributed by atoms with Crippen LogP contribution in [0.3, 0.4) is 0 Å². The molecule has 0 aliphatic rings. The second kappa shape index (κ2) is 11.6. The van der Waals surface area contributed by atoms with Crippen LogP contribution in [0.5, 0.6) is 0 Å². The summed E-state index contributed by atoms with van der Waals surface area (Å²) in [7, 11) is 1.51. The number of alkyl carbamates (subject to hydrolysis) is 1. The summed E-state index contributed by atoms with van der Waals surface area (Å²) < 4.78 is 5.26. The first-order valence-corrected chi connectivity index (χ1v) is 11.8. The lowest BCUT2D eigenvalue weighted by Gasteiger charge is -2.31. The predicted molar refractivity (Wildman–Crippen MR) is 139 cm³/mol. The number of carbonyl (C=O) groups is 3. The highest BCUT2D eigenvalue weighted by Crippen LogP contribution is 2.29. The van der Waals surface area contributed by atoms with Crippen molar-refractivity contribution in [3.8, 4) is 0 Å². The van der Waals surface area contributed by atoms with E-state index < -0.39 is 35.6 Å². The number of aryl methyl sites for hydroxylation is 2. The number of benzene rings is 2. The molecule has 184 valence electrons. The molecular weight excluding hydrogens is 474 g/mol. The number of carbonyl (C=O) groups excluding carboxylic acids is 3. The van der Waals surface area contributed by atoms with Gasteiger partial charge in [0, 0.05) is 12.8 Å². The van der Waals surface area contributed by atoms with Crippen LogP contribution in [0.2, 0.25) is 5.02 Å². The number of thiol groups is 1. The van der Waals surface area contributed by atoms with Gasteiger partial charge in [0.1, 0.15) is 17.7 Å². The molecule has 34 heavy (non-hydrogen) atoms. The highest BCUT2D eigenvalue weighted by Gasteiger charge is 2.34. The van der Waals surface area contributed by atoms with E-state index in [0.717, 1.165) is 11.1 Å². The van der Waals surface area contributed by atoms with Gasteiger partial charge in [0.25, 0.3) is 5.91 Å². The Kier molecular flexibility index (Phi) is 9.41. The number of nitrogens with one attached hydrogen (secondary N) is 2. The molecule has 0 fully saturated rings. The standard InChI is InChI=1S/C25H32ClN3O4S/c1-15-10-12-17(13-11-15)21(22(30)28-20-16(2)8-7-9-18(20)26)29(6)23(31)19(14-34)27-24(32)33-25(3,4)5/h7-13,19,21,34H,14H2,1-6H3,(H,27,32)(H,28,30). The molecule has 7 nitrogen and oxygen atoms in total. The predicted octanol–water partition coefficient (Wildman–Crippen LogP) is 4.92. The first-order chi connectivity index (χ1) is 15.8. The Morgan fingerprint density at radius 1 is 1.09 bits per heavy atom. The molecule has 0 aliphatic heterocycles. The van der Waals surface area contributed by atoms with Gasteiger partial charge in [-0.25, -0.2) is 4.79 Å². The molecule has 9 heteroatoms. The third-order valence-corrected chi connectivity index (χ3v) is 5.70. The van der Waals surface area contributed by atoms with Gasteiger partial charge in [-0.2, -0.15) is 12.6 Å². The molecule has 2 N–H and O–H groups in total. The van der Waals surface area contributed by atoms with Crippen LogP contribution in [-0.2, 0) is 14.3 Å². The van der Waals surface area contributed by atoms with Gasteiger partial charge in [0.05, 0.1) is 10.7 Å². The molecular formula is C25H32ClN3O4S.